The van der Waals surface area contributed by atoms with E-state index in [1.165, 1.54) is 6.08 Å². The first-order chi connectivity index (χ1) is 15.8. The van der Waals surface area contributed by atoms with Crippen molar-refractivity contribution in [2.24, 2.45) is 5.16 Å². The Morgan fingerprint density at radius 2 is 1.67 bits per heavy atom. The first-order valence-corrected chi connectivity index (χ1v) is 12.1. The summed E-state index contributed by atoms with van der Waals surface area (Å²) in [5.41, 5.74) is 1.91. The lowest BCUT2D eigenvalue weighted by Crippen LogP contribution is -2.16. The summed E-state index contributed by atoms with van der Waals surface area (Å²) in [5.74, 6) is 1.65. The average molecular weight is 535 g/mol. The zero-order valence-electron chi connectivity index (χ0n) is 18.7. The van der Waals surface area contributed by atoms with E-state index in [-0.39, 0.29) is 17.2 Å². The zero-order valence-corrected chi connectivity index (χ0v) is 21.8. The molecule has 9 heteroatoms. The van der Waals surface area contributed by atoms with Crippen LogP contribution >= 0.6 is 46.4 Å². The number of hydrogen-bond donors (Lipinski definition) is 0. The Balaban J connectivity index is 1.86. The number of oxime groups is 1. The van der Waals surface area contributed by atoms with Gasteiger partial charge in [0.2, 0.25) is 0 Å². The number of ether oxygens (including phenoxy) is 3. The predicted molar refractivity (Wildman–Crippen MR) is 137 cm³/mol. The summed E-state index contributed by atoms with van der Waals surface area (Å²) >= 11 is 23.8. The van der Waals surface area contributed by atoms with Crippen LogP contribution in [0.15, 0.2) is 52.1 Å². The van der Waals surface area contributed by atoms with E-state index in [9.17, 15) is 0 Å². The largest absolute Gasteiger partial charge is 0.493 e. The Bertz CT molecular complexity index is 921. The van der Waals surface area contributed by atoms with Crippen molar-refractivity contribution in [3.8, 4) is 17.2 Å². The molecule has 0 saturated heterocycles. The van der Waals surface area contributed by atoms with E-state index in [0.29, 0.717) is 41.2 Å². The van der Waals surface area contributed by atoms with Crippen LogP contribution in [0.4, 0.5) is 0 Å². The first-order valence-electron chi connectivity index (χ1n) is 10.6. The van der Waals surface area contributed by atoms with Crippen molar-refractivity contribution < 1.29 is 19.0 Å². The van der Waals surface area contributed by atoms with Gasteiger partial charge in [0, 0.05) is 18.6 Å². The fraction of sp³-hybridized carbons (Fsp3) is 0.375. The molecular formula is C24H27Cl4NO4. The molecule has 0 aliphatic heterocycles. The van der Waals surface area contributed by atoms with E-state index in [1.807, 2.05) is 45.0 Å². The Morgan fingerprint density at radius 3 is 2.24 bits per heavy atom. The molecular weight excluding hydrogens is 508 g/mol. The van der Waals surface area contributed by atoms with Crippen molar-refractivity contribution in [2.45, 2.75) is 39.7 Å². The molecule has 0 aromatic heterocycles. The van der Waals surface area contributed by atoms with E-state index in [0.717, 1.165) is 23.4 Å². The highest BCUT2D eigenvalue weighted by molar-refractivity contribution is 6.55. The monoisotopic (exact) mass is 533 g/mol. The minimum absolute atomic E-state index is 0.125. The number of hydrogen-bond acceptors (Lipinski definition) is 5. The molecule has 2 rings (SSSR count). The minimum atomic E-state index is -0.172. The van der Waals surface area contributed by atoms with Crippen LogP contribution < -0.4 is 14.2 Å². The van der Waals surface area contributed by atoms with Gasteiger partial charge >= 0.3 is 0 Å². The number of benzene rings is 2. The van der Waals surface area contributed by atoms with Crippen LogP contribution in [0.5, 0.6) is 17.2 Å². The molecule has 0 radical (unpaired) electrons. The second kappa shape index (κ2) is 14.5. The van der Waals surface area contributed by atoms with E-state index < -0.39 is 0 Å². The smallest absolute Gasteiger partial charge is 0.157 e. The third-order valence-corrected chi connectivity index (χ3v) is 5.27. The van der Waals surface area contributed by atoms with Gasteiger partial charge in [-0.3, -0.25) is 0 Å². The normalized spacial score (nSPS) is 12.2. The number of rotatable bonds is 13. The second-order valence-electron chi connectivity index (χ2n) is 6.92. The fourth-order valence-corrected chi connectivity index (χ4v) is 3.43. The number of halogens is 4. The fourth-order valence-electron chi connectivity index (χ4n) is 2.74. The molecule has 1 unspecified atom stereocenters. The van der Waals surface area contributed by atoms with Gasteiger partial charge in [-0.2, -0.15) is 0 Å². The molecule has 0 amide bonds. The van der Waals surface area contributed by atoms with Gasteiger partial charge in [0.25, 0.3) is 0 Å². The summed E-state index contributed by atoms with van der Waals surface area (Å²) < 4.78 is 17.4. The minimum Gasteiger partial charge on any atom is -0.493 e. The molecule has 0 fully saturated rings. The van der Waals surface area contributed by atoms with Crippen molar-refractivity contribution in [1.29, 1.82) is 0 Å². The standard InChI is InChI=1S/C24H27Cl4NO4/c1-4-22(29-32-5-2)17-6-8-18(9-7-17)30-12-10-16(3)33-24-20(25)14-19(15-21(24)26)31-13-11-23(27)28/h6-9,11,14-16H,4-5,10,12-13H2,1-3H3. The third kappa shape index (κ3) is 9.54. The van der Waals surface area contributed by atoms with Gasteiger partial charge in [-0.05, 0) is 56.2 Å². The van der Waals surface area contributed by atoms with E-state index >= 15 is 0 Å². The molecule has 2 aromatic rings. The van der Waals surface area contributed by atoms with Gasteiger partial charge in [0.1, 0.15) is 29.2 Å². The molecule has 0 bridgehead atoms. The van der Waals surface area contributed by atoms with Crippen molar-refractivity contribution in [3.63, 3.8) is 0 Å². The van der Waals surface area contributed by atoms with Crippen LogP contribution in [0.2, 0.25) is 10.0 Å². The third-order valence-electron chi connectivity index (χ3n) is 4.40. The van der Waals surface area contributed by atoms with Gasteiger partial charge < -0.3 is 19.0 Å². The molecule has 0 N–H and O–H groups in total. The molecule has 2 aromatic carbocycles. The Morgan fingerprint density at radius 1 is 1.00 bits per heavy atom. The zero-order chi connectivity index (χ0) is 24.2. The summed E-state index contributed by atoms with van der Waals surface area (Å²) in [6, 6.07) is 11.0. The van der Waals surface area contributed by atoms with Crippen LogP contribution in [-0.2, 0) is 4.84 Å². The quantitative estimate of drug-likeness (QED) is 0.192. The first kappa shape index (κ1) is 27.5. The van der Waals surface area contributed by atoms with Gasteiger partial charge in [-0.25, -0.2) is 0 Å². The van der Waals surface area contributed by atoms with E-state index in [2.05, 4.69) is 5.16 Å². The summed E-state index contributed by atoms with van der Waals surface area (Å²) in [4.78, 5) is 5.17. The van der Waals surface area contributed by atoms with E-state index in [1.54, 1.807) is 12.1 Å². The maximum absolute atomic E-state index is 6.33. The Kier molecular flexibility index (Phi) is 12.0. The maximum atomic E-state index is 6.33. The molecule has 0 heterocycles. The van der Waals surface area contributed by atoms with Crippen LogP contribution in [0.1, 0.15) is 39.2 Å². The molecule has 33 heavy (non-hydrogen) atoms. The van der Waals surface area contributed by atoms with Crippen LogP contribution in [0, 0.1) is 0 Å². The van der Waals surface area contributed by atoms with Gasteiger partial charge in [0.15, 0.2) is 5.75 Å². The molecule has 1 atom stereocenters. The predicted octanol–water partition coefficient (Wildman–Crippen LogP) is 8.08. The SMILES string of the molecule is CCON=C(CC)c1ccc(OCCC(C)Oc2c(Cl)cc(OCC=C(Cl)Cl)cc2Cl)cc1. The van der Waals surface area contributed by atoms with Crippen molar-refractivity contribution in [1.82, 2.24) is 0 Å². The van der Waals surface area contributed by atoms with Gasteiger partial charge in [-0.1, -0.05) is 58.5 Å². The highest BCUT2D eigenvalue weighted by atomic mass is 35.5. The molecule has 0 saturated carbocycles. The highest BCUT2D eigenvalue weighted by Gasteiger charge is 2.14. The van der Waals surface area contributed by atoms with E-state index in [4.69, 9.17) is 65.5 Å². The van der Waals surface area contributed by atoms with Crippen molar-refractivity contribution in [2.75, 3.05) is 19.8 Å². The highest BCUT2D eigenvalue weighted by Crippen LogP contribution is 2.37. The topological polar surface area (TPSA) is 49.3 Å². The summed E-state index contributed by atoms with van der Waals surface area (Å²) in [6.45, 7) is 7.08. The lowest BCUT2D eigenvalue weighted by atomic mass is 10.1. The molecule has 0 aliphatic carbocycles. The molecule has 180 valence electrons. The summed E-state index contributed by atoms with van der Waals surface area (Å²) in [7, 11) is 0. The summed E-state index contributed by atoms with van der Waals surface area (Å²) in [5, 5.41) is 4.84. The lowest BCUT2D eigenvalue weighted by Gasteiger charge is -2.18. The van der Waals surface area contributed by atoms with Crippen LogP contribution in [-0.4, -0.2) is 31.6 Å². The van der Waals surface area contributed by atoms with Crippen LogP contribution in [0.25, 0.3) is 0 Å². The van der Waals surface area contributed by atoms with Crippen molar-refractivity contribution >= 4 is 52.1 Å². The Hall–Kier alpha value is -1.79. The average Bonchev–Trinajstić information content (AvgIpc) is 2.77. The molecule has 0 spiro atoms. The van der Waals surface area contributed by atoms with Gasteiger partial charge in [-0.15, -0.1) is 0 Å². The van der Waals surface area contributed by atoms with Crippen molar-refractivity contribution in [3.05, 3.63) is 62.6 Å². The summed E-state index contributed by atoms with van der Waals surface area (Å²) in [6.07, 6.45) is 2.76. The molecule has 5 nitrogen and oxygen atoms in total. The maximum Gasteiger partial charge on any atom is 0.157 e. The van der Waals surface area contributed by atoms with Gasteiger partial charge in [0.05, 0.1) is 28.5 Å². The Labute approximate surface area is 215 Å². The second-order valence-corrected chi connectivity index (χ2v) is 8.74. The lowest BCUT2D eigenvalue weighted by molar-refractivity contribution is 0.158. The molecule has 0 aliphatic rings. The van der Waals surface area contributed by atoms with Crippen LogP contribution in [0.3, 0.4) is 0 Å². The number of nitrogens with zero attached hydrogens (tertiary/aromatic N) is 1.